The summed E-state index contributed by atoms with van der Waals surface area (Å²) in [4.78, 5) is 0. The Morgan fingerprint density at radius 1 is 1.00 bits per heavy atom. The Morgan fingerprint density at radius 3 is 2.48 bits per heavy atom. The van der Waals surface area contributed by atoms with Gasteiger partial charge in [0.1, 0.15) is 5.75 Å². The van der Waals surface area contributed by atoms with E-state index in [2.05, 4.69) is 36.5 Å². The topological polar surface area (TPSA) is 21.3 Å². The molecule has 2 fully saturated rings. The van der Waals surface area contributed by atoms with E-state index in [0.29, 0.717) is 12.1 Å². The van der Waals surface area contributed by atoms with Gasteiger partial charge in [0.05, 0.1) is 6.10 Å². The molecule has 0 spiro atoms. The summed E-state index contributed by atoms with van der Waals surface area (Å²) in [6.45, 7) is 2.32. The van der Waals surface area contributed by atoms with E-state index < -0.39 is 0 Å². The molecule has 3 rings (SSSR count). The van der Waals surface area contributed by atoms with Crippen molar-refractivity contribution >= 4 is 5.69 Å². The minimum Gasteiger partial charge on any atom is -0.490 e. The lowest BCUT2D eigenvalue weighted by atomic mass is 9.84. The van der Waals surface area contributed by atoms with Crippen LogP contribution in [0.5, 0.6) is 5.75 Å². The average Bonchev–Trinajstić information content (AvgIpc) is 3.02. The van der Waals surface area contributed by atoms with E-state index >= 15 is 0 Å². The largest absolute Gasteiger partial charge is 0.490 e. The molecule has 0 radical (unpaired) electrons. The van der Waals surface area contributed by atoms with Crippen molar-refractivity contribution in [3.8, 4) is 5.75 Å². The van der Waals surface area contributed by atoms with Gasteiger partial charge in [-0.05, 0) is 68.7 Å². The monoisotopic (exact) mass is 287 g/mol. The molecule has 1 aromatic rings. The summed E-state index contributed by atoms with van der Waals surface area (Å²) in [6, 6.07) is 9.27. The van der Waals surface area contributed by atoms with Crippen molar-refractivity contribution in [2.75, 3.05) is 5.32 Å². The molecule has 2 nitrogen and oxygen atoms in total. The average molecular weight is 287 g/mol. The third-order valence-corrected chi connectivity index (χ3v) is 5.19. The summed E-state index contributed by atoms with van der Waals surface area (Å²) in [5.41, 5.74) is 1.25. The number of hydrogen-bond donors (Lipinski definition) is 1. The smallest absolute Gasteiger partial charge is 0.119 e. The molecule has 0 aliphatic heterocycles. The molecule has 2 saturated carbocycles. The van der Waals surface area contributed by atoms with Crippen LogP contribution in [-0.4, -0.2) is 12.1 Å². The van der Waals surface area contributed by atoms with Gasteiger partial charge >= 0.3 is 0 Å². The van der Waals surface area contributed by atoms with Gasteiger partial charge in [-0.2, -0.15) is 0 Å². The number of hydrogen-bond acceptors (Lipinski definition) is 2. The van der Waals surface area contributed by atoms with Crippen LogP contribution in [0.25, 0.3) is 0 Å². The van der Waals surface area contributed by atoms with Gasteiger partial charge in [-0.25, -0.2) is 0 Å². The fourth-order valence-corrected chi connectivity index (χ4v) is 3.86. The Labute approximate surface area is 129 Å². The molecular weight excluding hydrogens is 258 g/mol. The lowest BCUT2D eigenvalue weighted by molar-refractivity contribution is 0.210. The zero-order valence-corrected chi connectivity index (χ0v) is 13.3. The van der Waals surface area contributed by atoms with Crippen molar-refractivity contribution in [2.45, 2.75) is 76.9 Å². The molecule has 1 N–H and O–H groups in total. The quantitative estimate of drug-likeness (QED) is 0.784. The fourth-order valence-electron chi connectivity index (χ4n) is 3.86. The van der Waals surface area contributed by atoms with Gasteiger partial charge in [0, 0.05) is 11.7 Å². The summed E-state index contributed by atoms with van der Waals surface area (Å²) < 4.78 is 6.03. The zero-order chi connectivity index (χ0) is 14.5. The maximum absolute atomic E-state index is 6.03. The Morgan fingerprint density at radius 2 is 1.76 bits per heavy atom. The van der Waals surface area contributed by atoms with Crippen LogP contribution in [0, 0.1) is 5.92 Å². The number of ether oxygens (including phenoxy) is 1. The summed E-state index contributed by atoms with van der Waals surface area (Å²) in [7, 11) is 0. The second-order valence-corrected chi connectivity index (χ2v) is 6.83. The van der Waals surface area contributed by atoms with Crippen molar-refractivity contribution in [1.82, 2.24) is 0 Å². The van der Waals surface area contributed by atoms with Crippen LogP contribution >= 0.6 is 0 Å². The third-order valence-electron chi connectivity index (χ3n) is 5.19. The summed E-state index contributed by atoms with van der Waals surface area (Å²) in [5, 5.41) is 3.71. The maximum atomic E-state index is 6.03. The number of nitrogens with one attached hydrogen (secondary N) is 1. The minimum absolute atomic E-state index is 0.451. The highest BCUT2D eigenvalue weighted by Gasteiger charge is 2.20. The normalized spacial score (nSPS) is 26.7. The van der Waals surface area contributed by atoms with Crippen LogP contribution in [0.1, 0.15) is 64.7 Å². The summed E-state index contributed by atoms with van der Waals surface area (Å²) >= 11 is 0. The molecular formula is C19H29NO. The van der Waals surface area contributed by atoms with Crippen LogP contribution < -0.4 is 10.1 Å². The molecule has 2 aliphatic carbocycles. The van der Waals surface area contributed by atoms with Crippen molar-refractivity contribution in [2.24, 2.45) is 5.92 Å². The molecule has 2 unspecified atom stereocenters. The van der Waals surface area contributed by atoms with Gasteiger partial charge in [-0.15, -0.1) is 0 Å². The fraction of sp³-hybridized carbons (Fsp3) is 0.684. The van der Waals surface area contributed by atoms with Crippen LogP contribution in [0.15, 0.2) is 24.3 Å². The number of benzene rings is 1. The molecule has 0 amide bonds. The van der Waals surface area contributed by atoms with Crippen molar-refractivity contribution in [1.29, 1.82) is 0 Å². The predicted octanol–water partition coefficient (Wildman–Crippen LogP) is 5.39. The van der Waals surface area contributed by atoms with E-state index in [1.807, 2.05) is 0 Å². The van der Waals surface area contributed by atoms with Gasteiger partial charge in [-0.3, -0.25) is 0 Å². The zero-order valence-electron chi connectivity index (χ0n) is 13.3. The van der Waals surface area contributed by atoms with Crippen molar-refractivity contribution < 1.29 is 4.74 Å². The Kier molecular flexibility index (Phi) is 5.05. The van der Waals surface area contributed by atoms with Crippen molar-refractivity contribution in [3.63, 3.8) is 0 Å². The first-order valence-corrected chi connectivity index (χ1v) is 8.86. The maximum Gasteiger partial charge on any atom is 0.119 e. The first-order valence-electron chi connectivity index (χ1n) is 8.86. The van der Waals surface area contributed by atoms with Gasteiger partial charge < -0.3 is 10.1 Å². The van der Waals surface area contributed by atoms with E-state index in [0.717, 1.165) is 11.7 Å². The Bertz CT molecular complexity index is 422. The molecule has 21 heavy (non-hydrogen) atoms. The molecule has 0 aromatic heterocycles. The summed E-state index contributed by atoms with van der Waals surface area (Å²) in [5.74, 6) is 1.95. The van der Waals surface area contributed by atoms with Crippen LogP contribution in [0.3, 0.4) is 0 Å². The van der Waals surface area contributed by atoms with Crippen LogP contribution in [0.2, 0.25) is 0 Å². The molecule has 0 bridgehead atoms. The standard InChI is InChI=1S/C19H29NO/c1-2-15-6-5-7-17(14-15)20-16-10-12-19(13-11-16)21-18-8-3-4-9-18/h10-13,15,17-18,20H,2-9,14H2,1H3. The SMILES string of the molecule is CCC1CCCC(Nc2ccc(OC3CCCC3)cc2)C1. The molecule has 116 valence electrons. The first-order chi connectivity index (χ1) is 10.3. The Hall–Kier alpha value is -1.18. The molecule has 0 heterocycles. The first kappa shape index (κ1) is 14.7. The minimum atomic E-state index is 0.451. The predicted molar refractivity (Wildman–Crippen MR) is 89.0 cm³/mol. The van der Waals surface area contributed by atoms with Crippen molar-refractivity contribution in [3.05, 3.63) is 24.3 Å². The van der Waals surface area contributed by atoms with E-state index in [-0.39, 0.29) is 0 Å². The van der Waals surface area contributed by atoms with E-state index in [1.165, 1.54) is 63.5 Å². The van der Waals surface area contributed by atoms with Crippen LogP contribution in [-0.2, 0) is 0 Å². The number of rotatable bonds is 5. The second kappa shape index (κ2) is 7.20. The number of anilines is 1. The highest BCUT2D eigenvalue weighted by atomic mass is 16.5. The highest BCUT2D eigenvalue weighted by molar-refractivity contribution is 5.47. The van der Waals surface area contributed by atoms with Gasteiger partial charge in [0.2, 0.25) is 0 Å². The highest BCUT2D eigenvalue weighted by Crippen LogP contribution is 2.29. The molecule has 2 atom stereocenters. The third kappa shape index (κ3) is 4.15. The molecule has 1 aromatic carbocycles. The van der Waals surface area contributed by atoms with Gasteiger partial charge in [0.25, 0.3) is 0 Å². The molecule has 0 saturated heterocycles. The van der Waals surface area contributed by atoms with Crippen LogP contribution in [0.4, 0.5) is 5.69 Å². The van der Waals surface area contributed by atoms with Gasteiger partial charge in [-0.1, -0.05) is 26.2 Å². The van der Waals surface area contributed by atoms with E-state index in [9.17, 15) is 0 Å². The lowest BCUT2D eigenvalue weighted by Crippen LogP contribution is -2.27. The molecule has 2 aliphatic rings. The molecule has 2 heteroatoms. The van der Waals surface area contributed by atoms with E-state index in [4.69, 9.17) is 4.74 Å². The second-order valence-electron chi connectivity index (χ2n) is 6.83. The Balaban J connectivity index is 1.51. The van der Waals surface area contributed by atoms with E-state index in [1.54, 1.807) is 0 Å². The lowest BCUT2D eigenvalue weighted by Gasteiger charge is -2.29. The van der Waals surface area contributed by atoms with Gasteiger partial charge in [0.15, 0.2) is 0 Å². The summed E-state index contributed by atoms with van der Waals surface area (Å²) in [6.07, 6.45) is 12.3.